The molecule has 0 atom stereocenters. The van der Waals surface area contributed by atoms with E-state index in [4.69, 9.17) is 10.8 Å². The Bertz CT molecular complexity index is 238. The Labute approximate surface area is 81.8 Å². The molecule has 80 valence electrons. The molecule has 6 heteroatoms. The molecule has 1 aliphatic rings. The fourth-order valence-electron chi connectivity index (χ4n) is 1.37. The van der Waals surface area contributed by atoms with Crippen molar-refractivity contribution in [3.8, 4) is 0 Å². The molecule has 0 aliphatic heterocycles. The fourth-order valence-corrected chi connectivity index (χ4v) is 1.37. The van der Waals surface area contributed by atoms with Crippen LogP contribution in [0.15, 0.2) is 0 Å². The third-order valence-corrected chi connectivity index (χ3v) is 2.40. The van der Waals surface area contributed by atoms with Crippen LogP contribution >= 0.6 is 0 Å². The maximum absolute atomic E-state index is 11.2. The van der Waals surface area contributed by atoms with E-state index in [2.05, 4.69) is 10.6 Å². The number of amides is 2. The van der Waals surface area contributed by atoms with Gasteiger partial charge in [-0.05, 0) is 19.3 Å². The smallest absolute Gasteiger partial charge is 0.329 e. The molecular weight excluding hydrogens is 186 g/mol. The summed E-state index contributed by atoms with van der Waals surface area (Å²) in [6, 6.07) is -0.461. The number of carboxylic acids is 1. The van der Waals surface area contributed by atoms with Gasteiger partial charge in [0.05, 0.1) is 0 Å². The highest BCUT2D eigenvalue weighted by molar-refractivity contribution is 5.87. The molecule has 1 fully saturated rings. The van der Waals surface area contributed by atoms with Crippen LogP contribution in [-0.2, 0) is 4.79 Å². The van der Waals surface area contributed by atoms with Crippen LogP contribution in [0.5, 0.6) is 0 Å². The van der Waals surface area contributed by atoms with E-state index in [1.165, 1.54) is 0 Å². The number of hydrogen-bond donors (Lipinski definition) is 4. The molecular formula is C8H15N3O3. The Morgan fingerprint density at radius 3 is 2.43 bits per heavy atom. The standard InChI is InChI=1S/C8H15N3O3/c9-4-5-10-7(14)11-8(6(12)13)2-1-3-8/h1-5,9H2,(H,12,13)(H2,10,11,14). The summed E-state index contributed by atoms with van der Waals surface area (Å²) in [5.74, 6) is -0.966. The molecule has 0 aromatic carbocycles. The van der Waals surface area contributed by atoms with E-state index in [9.17, 15) is 9.59 Å². The van der Waals surface area contributed by atoms with Crippen LogP contribution < -0.4 is 16.4 Å². The monoisotopic (exact) mass is 201 g/mol. The van der Waals surface area contributed by atoms with Crippen LogP contribution in [-0.4, -0.2) is 35.7 Å². The Morgan fingerprint density at radius 1 is 1.43 bits per heavy atom. The first-order valence-electron chi connectivity index (χ1n) is 4.60. The second-order valence-electron chi connectivity index (χ2n) is 3.41. The van der Waals surface area contributed by atoms with Crippen LogP contribution in [0.25, 0.3) is 0 Å². The summed E-state index contributed by atoms with van der Waals surface area (Å²) in [5, 5.41) is 13.8. The van der Waals surface area contributed by atoms with Crippen molar-refractivity contribution < 1.29 is 14.7 Å². The summed E-state index contributed by atoms with van der Waals surface area (Å²) in [5.41, 5.74) is 4.15. The minimum absolute atomic E-state index is 0.341. The lowest BCUT2D eigenvalue weighted by Gasteiger charge is -2.38. The van der Waals surface area contributed by atoms with Gasteiger partial charge in [-0.3, -0.25) is 0 Å². The molecule has 2 amide bonds. The molecule has 5 N–H and O–H groups in total. The van der Waals surface area contributed by atoms with Gasteiger partial charge in [-0.15, -0.1) is 0 Å². The topological polar surface area (TPSA) is 104 Å². The van der Waals surface area contributed by atoms with E-state index in [0.717, 1.165) is 6.42 Å². The predicted octanol–water partition coefficient (Wildman–Crippen LogP) is -0.748. The van der Waals surface area contributed by atoms with Crippen LogP contribution in [0.1, 0.15) is 19.3 Å². The number of carbonyl (C=O) groups excluding carboxylic acids is 1. The first kappa shape index (κ1) is 10.8. The maximum Gasteiger partial charge on any atom is 0.329 e. The number of nitrogens with two attached hydrogens (primary N) is 1. The molecule has 0 unspecified atom stereocenters. The minimum atomic E-state index is -1.04. The highest BCUT2D eigenvalue weighted by Gasteiger charge is 2.45. The van der Waals surface area contributed by atoms with Crippen LogP contribution in [0.3, 0.4) is 0 Å². The average molecular weight is 201 g/mol. The maximum atomic E-state index is 11.2. The van der Waals surface area contributed by atoms with Crippen molar-refractivity contribution in [3.63, 3.8) is 0 Å². The molecule has 0 bridgehead atoms. The number of aliphatic carboxylic acids is 1. The number of nitrogens with one attached hydrogen (secondary N) is 2. The summed E-state index contributed by atoms with van der Waals surface area (Å²) < 4.78 is 0. The molecule has 1 rings (SSSR count). The zero-order valence-electron chi connectivity index (χ0n) is 7.88. The van der Waals surface area contributed by atoms with Gasteiger partial charge in [0.15, 0.2) is 0 Å². The molecule has 0 aromatic heterocycles. The van der Waals surface area contributed by atoms with E-state index in [1.807, 2.05) is 0 Å². The third kappa shape index (κ3) is 2.14. The molecule has 14 heavy (non-hydrogen) atoms. The molecule has 0 saturated heterocycles. The Hall–Kier alpha value is -1.30. The fraction of sp³-hybridized carbons (Fsp3) is 0.750. The zero-order valence-corrected chi connectivity index (χ0v) is 7.88. The molecule has 0 heterocycles. The molecule has 6 nitrogen and oxygen atoms in total. The summed E-state index contributed by atoms with van der Waals surface area (Å²) in [6.45, 7) is 0.690. The Morgan fingerprint density at radius 2 is 2.07 bits per heavy atom. The summed E-state index contributed by atoms with van der Waals surface area (Å²) in [4.78, 5) is 22.0. The van der Waals surface area contributed by atoms with Gasteiger partial charge in [0.2, 0.25) is 0 Å². The lowest BCUT2D eigenvalue weighted by Crippen LogP contribution is -2.61. The summed E-state index contributed by atoms with van der Waals surface area (Å²) >= 11 is 0. The lowest BCUT2D eigenvalue weighted by atomic mass is 9.77. The van der Waals surface area contributed by atoms with Gasteiger partial charge in [0.1, 0.15) is 5.54 Å². The first-order valence-corrected chi connectivity index (χ1v) is 4.60. The Balaban J connectivity index is 2.41. The number of hydrogen-bond acceptors (Lipinski definition) is 3. The highest BCUT2D eigenvalue weighted by atomic mass is 16.4. The largest absolute Gasteiger partial charge is 0.480 e. The molecule has 0 spiro atoms. The van der Waals surface area contributed by atoms with Crippen molar-refractivity contribution in [2.24, 2.45) is 5.73 Å². The van der Waals surface area contributed by atoms with Crippen molar-refractivity contribution in [2.75, 3.05) is 13.1 Å². The van der Waals surface area contributed by atoms with Gasteiger partial charge in [-0.1, -0.05) is 0 Å². The third-order valence-electron chi connectivity index (χ3n) is 2.40. The second-order valence-corrected chi connectivity index (χ2v) is 3.41. The Kier molecular flexibility index (Phi) is 3.29. The number of urea groups is 1. The van der Waals surface area contributed by atoms with Crippen molar-refractivity contribution in [3.05, 3.63) is 0 Å². The number of carboxylic acid groups (broad SMARTS) is 1. The van der Waals surface area contributed by atoms with Crippen LogP contribution in [0, 0.1) is 0 Å². The number of carbonyl (C=O) groups is 2. The first-order chi connectivity index (χ1) is 6.60. The quantitative estimate of drug-likeness (QED) is 0.480. The molecule has 0 radical (unpaired) electrons. The zero-order chi connectivity index (χ0) is 10.6. The van der Waals surface area contributed by atoms with Crippen LogP contribution in [0.4, 0.5) is 4.79 Å². The number of rotatable bonds is 4. The van der Waals surface area contributed by atoms with Gasteiger partial charge in [0.25, 0.3) is 0 Å². The summed E-state index contributed by atoms with van der Waals surface area (Å²) in [7, 11) is 0. The normalized spacial score (nSPS) is 18.1. The van der Waals surface area contributed by atoms with Crippen molar-refractivity contribution in [1.29, 1.82) is 0 Å². The van der Waals surface area contributed by atoms with Gasteiger partial charge in [-0.25, -0.2) is 9.59 Å². The van der Waals surface area contributed by atoms with E-state index in [-0.39, 0.29) is 0 Å². The van der Waals surface area contributed by atoms with E-state index in [1.54, 1.807) is 0 Å². The molecule has 0 aromatic rings. The van der Waals surface area contributed by atoms with E-state index < -0.39 is 17.5 Å². The lowest BCUT2D eigenvalue weighted by molar-refractivity contribution is -0.148. The predicted molar refractivity (Wildman–Crippen MR) is 49.8 cm³/mol. The van der Waals surface area contributed by atoms with Gasteiger partial charge in [-0.2, -0.15) is 0 Å². The SMILES string of the molecule is NCCNC(=O)NC1(C(=O)O)CCC1. The van der Waals surface area contributed by atoms with Gasteiger partial charge < -0.3 is 21.5 Å². The highest BCUT2D eigenvalue weighted by Crippen LogP contribution is 2.31. The van der Waals surface area contributed by atoms with Crippen molar-refractivity contribution in [1.82, 2.24) is 10.6 Å². The second kappa shape index (κ2) is 4.28. The van der Waals surface area contributed by atoms with Crippen molar-refractivity contribution in [2.45, 2.75) is 24.8 Å². The van der Waals surface area contributed by atoms with E-state index >= 15 is 0 Å². The van der Waals surface area contributed by atoms with Crippen LogP contribution in [0.2, 0.25) is 0 Å². The van der Waals surface area contributed by atoms with E-state index in [0.29, 0.717) is 25.9 Å². The molecule has 1 saturated carbocycles. The van der Waals surface area contributed by atoms with Crippen molar-refractivity contribution >= 4 is 12.0 Å². The summed E-state index contributed by atoms with van der Waals surface area (Å²) in [6.07, 6.45) is 1.83. The minimum Gasteiger partial charge on any atom is -0.480 e. The molecule has 1 aliphatic carbocycles. The average Bonchev–Trinajstić information content (AvgIpc) is 2.07. The van der Waals surface area contributed by atoms with Gasteiger partial charge in [0, 0.05) is 13.1 Å². The van der Waals surface area contributed by atoms with Gasteiger partial charge >= 0.3 is 12.0 Å².